The predicted octanol–water partition coefficient (Wildman–Crippen LogP) is 11.1. The summed E-state index contributed by atoms with van der Waals surface area (Å²) in [6.45, 7) is 0. The van der Waals surface area contributed by atoms with E-state index in [0.717, 1.165) is 22.1 Å². The zero-order chi connectivity index (χ0) is 30.2. The van der Waals surface area contributed by atoms with Gasteiger partial charge in [-0.2, -0.15) is 0 Å². The van der Waals surface area contributed by atoms with Crippen LogP contribution in [-0.2, 0) is 0 Å². The van der Waals surface area contributed by atoms with E-state index >= 15 is 0 Å². The SMILES string of the molecule is c1ccc(-c2nc(-c3ccc4c5ccccc5c5ccccc5c4c3)nc(-c3ccc4c5c(cccc35)-c3ccccc3-4)n2)cc1. The maximum atomic E-state index is 5.21. The van der Waals surface area contributed by atoms with Gasteiger partial charge < -0.3 is 0 Å². The summed E-state index contributed by atoms with van der Waals surface area (Å²) in [6, 6.07) is 53.8. The zero-order valence-electron chi connectivity index (χ0n) is 24.8. The molecule has 1 heterocycles. The van der Waals surface area contributed by atoms with Crippen molar-refractivity contribution in [3.8, 4) is 56.4 Å². The lowest BCUT2D eigenvalue weighted by molar-refractivity contribution is 1.08. The smallest absolute Gasteiger partial charge is 0.164 e. The van der Waals surface area contributed by atoms with Crippen LogP contribution in [0.25, 0.3) is 99.5 Å². The van der Waals surface area contributed by atoms with Gasteiger partial charge in [0, 0.05) is 16.7 Å². The van der Waals surface area contributed by atoms with Crippen LogP contribution in [0.3, 0.4) is 0 Å². The van der Waals surface area contributed by atoms with Gasteiger partial charge in [-0.3, -0.25) is 0 Å². The van der Waals surface area contributed by atoms with E-state index in [9.17, 15) is 0 Å². The van der Waals surface area contributed by atoms with Crippen molar-refractivity contribution in [2.24, 2.45) is 0 Å². The van der Waals surface area contributed by atoms with Crippen molar-refractivity contribution in [3.63, 3.8) is 0 Å². The minimum atomic E-state index is 0.662. The lowest BCUT2D eigenvalue weighted by atomic mass is 9.93. The first kappa shape index (κ1) is 25.2. The summed E-state index contributed by atoms with van der Waals surface area (Å²) in [7, 11) is 0. The molecule has 212 valence electrons. The standard InChI is InChI=1S/C43H25N3/c1-2-11-26(12-3-1)41-44-42(27-21-22-34-30-15-5-4-13-28(30)29-14-6-9-18-33(29)39(34)25-27)46-43(45-41)38-24-23-37-32-17-8-7-16-31(32)35-19-10-20-36(38)40(35)37/h1-25H. The van der Waals surface area contributed by atoms with E-state index < -0.39 is 0 Å². The molecule has 0 unspecified atom stereocenters. The third-order valence-corrected chi connectivity index (χ3v) is 9.46. The number of nitrogens with zero attached hydrogens (tertiary/aromatic N) is 3. The van der Waals surface area contributed by atoms with Crippen LogP contribution in [0.4, 0.5) is 0 Å². The number of fused-ring (bicyclic) bond motifs is 9. The molecule has 0 N–H and O–H groups in total. The zero-order valence-corrected chi connectivity index (χ0v) is 24.8. The highest BCUT2D eigenvalue weighted by molar-refractivity contribution is 6.25. The van der Waals surface area contributed by atoms with Crippen LogP contribution < -0.4 is 0 Å². The van der Waals surface area contributed by atoms with E-state index in [-0.39, 0.29) is 0 Å². The lowest BCUT2D eigenvalue weighted by Gasteiger charge is -2.13. The topological polar surface area (TPSA) is 38.7 Å². The second-order valence-electron chi connectivity index (χ2n) is 12.0. The molecular formula is C43H25N3. The van der Waals surface area contributed by atoms with E-state index in [2.05, 4.69) is 133 Å². The molecule has 10 rings (SSSR count). The van der Waals surface area contributed by atoms with Gasteiger partial charge in [0.2, 0.25) is 0 Å². The van der Waals surface area contributed by atoms with Crippen LogP contribution in [0.1, 0.15) is 0 Å². The van der Waals surface area contributed by atoms with Crippen molar-refractivity contribution in [2.45, 2.75) is 0 Å². The van der Waals surface area contributed by atoms with E-state index in [1.165, 1.54) is 60.0 Å². The summed E-state index contributed by atoms with van der Waals surface area (Å²) < 4.78 is 0. The Hall–Kier alpha value is -6.19. The van der Waals surface area contributed by atoms with Crippen molar-refractivity contribution in [1.82, 2.24) is 15.0 Å². The fourth-order valence-corrected chi connectivity index (χ4v) is 7.39. The Morgan fingerprint density at radius 3 is 1.43 bits per heavy atom. The van der Waals surface area contributed by atoms with Crippen molar-refractivity contribution in [3.05, 3.63) is 152 Å². The van der Waals surface area contributed by atoms with Gasteiger partial charge in [0.1, 0.15) is 0 Å². The van der Waals surface area contributed by atoms with Crippen LogP contribution in [0.2, 0.25) is 0 Å². The molecule has 1 aliphatic carbocycles. The first-order valence-electron chi connectivity index (χ1n) is 15.6. The maximum Gasteiger partial charge on any atom is 0.164 e. The summed E-state index contributed by atoms with van der Waals surface area (Å²) in [6.07, 6.45) is 0. The Morgan fingerprint density at radius 1 is 0.261 bits per heavy atom. The third-order valence-electron chi connectivity index (χ3n) is 9.46. The second kappa shape index (κ2) is 9.65. The fraction of sp³-hybridized carbons (Fsp3) is 0. The van der Waals surface area contributed by atoms with Gasteiger partial charge in [-0.15, -0.1) is 0 Å². The molecule has 0 radical (unpaired) electrons. The van der Waals surface area contributed by atoms with E-state index in [1.54, 1.807) is 0 Å². The van der Waals surface area contributed by atoms with E-state index in [0.29, 0.717) is 17.5 Å². The van der Waals surface area contributed by atoms with Gasteiger partial charge >= 0.3 is 0 Å². The normalized spacial score (nSPS) is 11.9. The molecule has 0 fully saturated rings. The molecule has 46 heavy (non-hydrogen) atoms. The second-order valence-corrected chi connectivity index (χ2v) is 12.0. The first-order valence-corrected chi connectivity index (χ1v) is 15.6. The Bertz CT molecular complexity index is 2630. The summed E-state index contributed by atoms with van der Waals surface area (Å²) >= 11 is 0. The molecule has 1 aliphatic rings. The minimum absolute atomic E-state index is 0.662. The highest BCUT2D eigenvalue weighted by Crippen LogP contribution is 2.49. The molecule has 9 aromatic rings. The average molecular weight is 584 g/mol. The van der Waals surface area contributed by atoms with Crippen LogP contribution in [0.15, 0.2) is 152 Å². The summed E-state index contributed by atoms with van der Waals surface area (Å²) in [5.74, 6) is 2.00. The van der Waals surface area contributed by atoms with Gasteiger partial charge in [0.15, 0.2) is 17.5 Å². The monoisotopic (exact) mass is 583 g/mol. The van der Waals surface area contributed by atoms with Gasteiger partial charge in [-0.05, 0) is 77.5 Å². The number of hydrogen-bond acceptors (Lipinski definition) is 3. The molecule has 0 saturated carbocycles. The van der Waals surface area contributed by atoms with Gasteiger partial charge in [-0.1, -0.05) is 140 Å². The maximum absolute atomic E-state index is 5.21. The van der Waals surface area contributed by atoms with Gasteiger partial charge in [0.25, 0.3) is 0 Å². The molecular weight excluding hydrogens is 558 g/mol. The molecule has 0 atom stereocenters. The van der Waals surface area contributed by atoms with Gasteiger partial charge in [0.05, 0.1) is 0 Å². The first-order chi connectivity index (χ1) is 22.8. The van der Waals surface area contributed by atoms with Crippen LogP contribution in [0.5, 0.6) is 0 Å². The van der Waals surface area contributed by atoms with Crippen molar-refractivity contribution >= 4 is 43.1 Å². The summed E-state index contributed by atoms with van der Waals surface area (Å²) in [4.78, 5) is 15.4. The quantitative estimate of drug-likeness (QED) is 0.194. The molecule has 0 saturated heterocycles. The number of rotatable bonds is 3. The van der Waals surface area contributed by atoms with Crippen LogP contribution >= 0.6 is 0 Å². The summed E-state index contributed by atoms with van der Waals surface area (Å²) in [5.41, 5.74) is 8.00. The summed E-state index contributed by atoms with van der Waals surface area (Å²) in [5, 5.41) is 9.81. The predicted molar refractivity (Wildman–Crippen MR) is 191 cm³/mol. The highest BCUT2D eigenvalue weighted by Gasteiger charge is 2.23. The molecule has 3 nitrogen and oxygen atoms in total. The minimum Gasteiger partial charge on any atom is -0.208 e. The molecule has 8 aromatic carbocycles. The molecule has 0 spiro atoms. The Kier molecular flexibility index (Phi) is 5.28. The number of benzene rings is 8. The van der Waals surface area contributed by atoms with Crippen molar-refractivity contribution in [1.29, 1.82) is 0 Å². The number of aromatic nitrogens is 3. The average Bonchev–Trinajstić information content (AvgIpc) is 3.47. The molecule has 1 aromatic heterocycles. The highest BCUT2D eigenvalue weighted by atomic mass is 15.0. The molecule has 0 amide bonds. The third kappa shape index (κ3) is 3.63. The van der Waals surface area contributed by atoms with Crippen LogP contribution in [0, 0.1) is 0 Å². The Morgan fingerprint density at radius 2 is 0.739 bits per heavy atom. The van der Waals surface area contributed by atoms with Crippen LogP contribution in [-0.4, -0.2) is 15.0 Å². The van der Waals surface area contributed by atoms with Crippen molar-refractivity contribution < 1.29 is 0 Å². The van der Waals surface area contributed by atoms with E-state index in [1.807, 2.05) is 18.2 Å². The van der Waals surface area contributed by atoms with Gasteiger partial charge in [-0.25, -0.2) is 15.0 Å². The molecule has 3 heteroatoms. The largest absolute Gasteiger partial charge is 0.208 e. The fourth-order valence-electron chi connectivity index (χ4n) is 7.39. The number of hydrogen-bond donors (Lipinski definition) is 0. The Labute approximate surface area is 265 Å². The Balaban J connectivity index is 1.24. The van der Waals surface area contributed by atoms with E-state index in [4.69, 9.17) is 15.0 Å². The lowest BCUT2D eigenvalue weighted by Crippen LogP contribution is -2.00. The molecule has 0 aliphatic heterocycles. The van der Waals surface area contributed by atoms with Crippen molar-refractivity contribution in [2.75, 3.05) is 0 Å². The molecule has 0 bridgehead atoms.